The number of furan rings is 1. The van der Waals surface area contributed by atoms with E-state index >= 15 is 0 Å². The number of carboxylic acid groups (broad SMARTS) is 1. The third-order valence-electron chi connectivity index (χ3n) is 3.27. The highest BCUT2D eigenvalue weighted by Gasteiger charge is 2.37. The molecular formula is C15H16NO4S2-. The van der Waals surface area contributed by atoms with Crippen LogP contribution in [0.25, 0.3) is 6.08 Å². The molecule has 0 aliphatic carbocycles. The fourth-order valence-electron chi connectivity index (χ4n) is 2.16. The Morgan fingerprint density at radius 3 is 2.82 bits per heavy atom. The van der Waals surface area contributed by atoms with Gasteiger partial charge in [0.05, 0.1) is 16.9 Å². The van der Waals surface area contributed by atoms with Crippen LogP contribution in [0.2, 0.25) is 0 Å². The quantitative estimate of drug-likeness (QED) is 0.584. The standard InChI is InChI=1S/C15H17NO4S2/c1-3-4-5-11(14(18)19)16-13(17)12(22-15(16)21)8-10-7-6-9(2)20-10/h6-8,11H,3-5H2,1-2H3,(H,18,19)/p-1/t11-/m0/s1. The van der Waals surface area contributed by atoms with Crippen LogP contribution in [0.3, 0.4) is 0 Å². The molecule has 1 amide bonds. The van der Waals surface area contributed by atoms with Crippen LogP contribution in [0.5, 0.6) is 0 Å². The monoisotopic (exact) mass is 338 g/mol. The van der Waals surface area contributed by atoms with E-state index in [9.17, 15) is 14.7 Å². The molecule has 2 rings (SSSR count). The molecule has 0 N–H and O–H groups in total. The average Bonchev–Trinajstić information content (AvgIpc) is 2.97. The zero-order valence-electron chi connectivity index (χ0n) is 12.3. The van der Waals surface area contributed by atoms with E-state index in [1.165, 1.54) is 0 Å². The summed E-state index contributed by atoms with van der Waals surface area (Å²) in [4.78, 5) is 25.3. The number of nitrogens with zero attached hydrogens (tertiary/aromatic N) is 1. The second-order valence-corrected chi connectivity index (χ2v) is 6.65. The summed E-state index contributed by atoms with van der Waals surface area (Å²) in [6.45, 7) is 3.76. The molecule has 118 valence electrons. The number of rotatable bonds is 6. The molecule has 0 aromatic carbocycles. The van der Waals surface area contributed by atoms with Crippen molar-refractivity contribution in [3.63, 3.8) is 0 Å². The lowest BCUT2D eigenvalue weighted by atomic mass is 10.1. The first-order valence-electron chi connectivity index (χ1n) is 6.98. The molecule has 0 bridgehead atoms. The first-order chi connectivity index (χ1) is 10.4. The average molecular weight is 338 g/mol. The van der Waals surface area contributed by atoms with Crippen molar-refractivity contribution in [2.24, 2.45) is 0 Å². The highest BCUT2D eigenvalue weighted by molar-refractivity contribution is 8.26. The van der Waals surface area contributed by atoms with Crippen molar-refractivity contribution in [1.82, 2.24) is 4.90 Å². The van der Waals surface area contributed by atoms with Crippen LogP contribution in [0.1, 0.15) is 37.7 Å². The van der Waals surface area contributed by atoms with E-state index in [4.69, 9.17) is 16.6 Å². The molecule has 5 nitrogen and oxygen atoms in total. The molecule has 1 aliphatic heterocycles. The van der Waals surface area contributed by atoms with Gasteiger partial charge in [0.1, 0.15) is 15.8 Å². The van der Waals surface area contributed by atoms with Crippen molar-refractivity contribution in [2.75, 3.05) is 0 Å². The molecule has 1 aromatic heterocycles. The van der Waals surface area contributed by atoms with Crippen molar-refractivity contribution in [3.05, 3.63) is 28.6 Å². The van der Waals surface area contributed by atoms with Gasteiger partial charge in [0.2, 0.25) is 0 Å². The van der Waals surface area contributed by atoms with Gasteiger partial charge in [-0.15, -0.1) is 0 Å². The minimum Gasteiger partial charge on any atom is -0.548 e. The second-order valence-electron chi connectivity index (χ2n) is 4.98. The summed E-state index contributed by atoms with van der Waals surface area (Å²) < 4.78 is 5.65. The number of hydrogen-bond donors (Lipinski definition) is 0. The lowest BCUT2D eigenvalue weighted by Crippen LogP contribution is -2.49. The minimum absolute atomic E-state index is 0.241. The normalized spacial score (nSPS) is 18.3. The van der Waals surface area contributed by atoms with E-state index in [0.29, 0.717) is 23.5 Å². The Kier molecular flexibility index (Phi) is 5.42. The molecule has 0 unspecified atom stereocenters. The topological polar surface area (TPSA) is 73.6 Å². The smallest absolute Gasteiger partial charge is 0.266 e. The first kappa shape index (κ1) is 16.8. The molecule has 0 radical (unpaired) electrons. The molecule has 0 saturated carbocycles. The van der Waals surface area contributed by atoms with Gasteiger partial charge in [-0.1, -0.05) is 43.7 Å². The number of aliphatic carboxylic acids is 1. The largest absolute Gasteiger partial charge is 0.548 e. The van der Waals surface area contributed by atoms with Gasteiger partial charge in [-0.25, -0.2) is 0 Å². The van der Waals surface area contributed by atoms with E-state index in [1.54, 1.807) is 25.1 Å². The summed E-state index contributed by atoms with van der Waals surface area (Å²) >= 11 is 6.25. The summed E-state index contributed by atoms with van der Waals surface area (Å²) in [5, 5.41) is 11.3. The van der Waals surface area contributed by atoms with Crippen LogP contribution in [-0.2, 0) is 9.59 Å². The van der Waals surface area contributed by atoms with Crippen molar-refractivity contribution in [2.45, 2.75) is 39.2 Å². The maximum atomic E-state index is 12.5. The van der Waals surface area contributed by atoms with Crippen molar-refractivity contribution < 1.29 is 19.1 Å². The Bertz CT molecular complexity index is 635. The Balaban J connectivity index is 2.23. The van der Waals surface area contributed by atoms with Crippen LogP contribution >= 0.6 is 24.0 Å². The summed E-state index contributed by atoms with van der Waals surface area (Å²) in [6.07, 6.45) is 3.43. The van der Waals surface area contributed by atoms with E-state index in [0.717, 1.165) is 28.8 Å². The Morgan fingerprint density at radius 2 is 2.27 bits per heavy atom. The fourth-order valence-corrected chi connectivity index (χ4v) is 3.50. The fraction of sp³-hybridized carbons (Fsp3) is 0.400. The highest BCUT2D eigenvalue weighted by Crippen LogP contribution is 2.35. The third-order valence-corrected chi connectivity index (χ3v) is 4.60. The van der Waals surface area contributed by atoms with E-state index in [-0.39, 0.29) is 4.32 Å². The van der Waals surface area contributed by atoms with E-state index in [1.807, 2.05) is 6.92 Å². The second kappa shape index (κ2) is 7.11. The van der Waals surface area contributed by atoms with Crippen molar-refractivity contribution in [3.8, 4) is 0 Å². The van der Waals surface area contributed by atoms with Crippen molar-refractivity contribution >= 4 is 46.3 Å². The van der Waals surface area contributed by atoms with Gasteiger partial charge >= 0.3 is 0 Å². The summed E-state index contributed by atoms with van der Waals surface area (Å²) in [5.41, 5.74) is 0. The molecule has 1 aliphatic rings. The Labute approximate surface area is 138 Å². The number of thioether (sulfide) groups is 1. The summed E-state index contributed by atoms with van der Waals surface area (Å²) in [5.74, 6) is -0.414. The Hall–Kier alpha value is -1.60. The van der Waals surface area contributed by atoms with Gasteiger partial charge in [0, 0.05) is 6.08 Å². The molecule has 1 saturated heterocycles. The van der Waals surface area contributed by atoms with E-state index in [2.05, 4.69) is 0 Å². The van der Waals surface area contributed by atoms with Gasteiger partial charge < -0.3 is 14.3 Å². The number of carboxylic acids is 1. The molecule has 1 atom stereocenters. The van der Waals surface area contributed by atoms with Gasteiger partial charge in [-0.05, 0) is 25.5 Å². The predicted octanol–water partition coefficient (Wildman–Crippen LogP) is 2.10. The van der Waals surface area contributed by atoms with Crippen LogP contribution in [-0.4, -0.2) is 27.1 Å². The number of carbonyl (C=O) groups is 2. The predicted molar refractivity (Wildman–Crippen MR) is 86.8 cm³/mol. The lowest BCUT2D eigenvalue weighted by molar-refractivity contribution is -0.310. The van der Waals surface area contributed by atoms with Crippen LogP contribution in [0, 0.1) is 6.92 Å². The lowest BCUT2D eigenvalue weighted by Gasteiger charge is -2.27. The van der Waals surface area contributed by atoms with Crippen LogP contribution in [0.4, 0.5) is 0 Å². The summed E-state index contributed by atoms with van der Waals surface area (Å²) in [7, 11) is 0. The van der Waals surface area contributed by atoms with Crippen LogP contribution < -0.4 is 5.11 Å². The molecule has 1 fully saturated rings. The molecule has 0 spiro atoms. The number of hydrogen-bond acceptors (Lipinski definition) is 6. The number of thiocarbonyl (C=S) groups is 1. The minimum atomic E-state index is -1.28. The Morgan fingerprint density at radius 1 is 1.55 bits per heavy atom. The number of aryl methyl sites for hydroxylation is 1. The van der Waals surface area contributed by atoms with Gasteiger partial charge in [-0.3, -0.25) is 9.69 Å². The first-order valence-corrected chi connectivity index (χ1v) is 8.21. The van der Waals surface area contributed by atoms with Gasteiger partial charge in [0.25, 0.3) is 5.91 Å². The van der Waals surface area contributed by atoms with Crippen LogP contribution in [0.15, 0.2) is 21.5 Å². The third kappa shape index (κ3) is 3.59. The molecule has 22 heavy (non-hydrogen) atoms. The van der Waals surface area contributed by atoms with Gasteiger partial charge in [0.15, 0.2) is 0 Å². The molecule has 2 heterocycles. The molecule has 1 aromatic rings. The highest BCUT2D eigenvalue weighted by atomic mass is 32.2. The van der Waals surface area contributed by atoms with E-state index < -0.39 is 17.9 Å². The maximum absolute atomic E-state index is 12.5. The zero-order chi connectivity index (χ0) is 16.3. The molecular weight excluding hydrogens is 322 g/mol. The van der Waals surface area contributed by atoms with Gasteiger partial charge in [-0.2, -0.15) is 0 Å². The zero-order valence-corrected chi connectivity index (χ0v) is 14.0. The van der Waals surface area contributed by atoms with Crippen molar-refractivity contribution in [1.29, 1.82) is 0 Å². The number of carbonyl (C=O) groups excluding carboxylic acids is 2. The summed E-state index contributed by atoms with van der Waals surface area (Å²) in [6, 6.07) is 2.52. The SMILES string of the molecule is CCCC[C@@H](C(=O)[O-])N1C(=O)C(=Cc2ccc(C)o2)SC1=S. The maximum Gasteiger partial charge on any atom is 0.266 e. The molecule has 7 heteroatoms. The number of unbranched alkanes of at least 4 members (excludes halogenated alkanes) is 1. The number of amides is 1.